The fourth-order valence-electron chi connectivity index (χ4n) is 1.65. The first-order valence-electron chi connectivity index (χ1n) is 6.06. The summed E-state index contributed by atoms with van der Waals surface area (Å²) in [7, 11) is 0. The van der Waals surface area contributed by atoms with E-state index in [9.17, 15) is 9.59 Å². The summed E-state index contributed by atoms with van der Waals surface area (Å²) in [5.41, 5.74) is 0.768. The molecule has 1 atom stereocenters. The van der Waals surface area contributed by atoms with Crippen molar-refractivity contribution in [2.45, 2.75) is 26.2 Å². The van der Waals surface area contributed by atoms with Crippen LogP contribution in [0.3, 0.4) is 0 Å². The van der Waals surface area contributed by atoms with Crippen molar-refractivity contribution >= 4 is 11.9 Å². The minimum Gasteiger partial charge on any atom is -0.466 e. The highest BCUT2D eigenvalue weighted by atomic mass is 16.5. The van der Waals surface area contributed by atoms with E-state index in [2.05, 4.69) is 0 Å². The molecule has 0 saturated heterocycles. The molecule has 1 rings (SSSR count). The molecular formula is C14H18O4. The van der Waals surface area contributed by atoms with Crippen molar-refractivity contribution < 1.29 is 19.1 Å². The minimum atomic E-state index is -0.592. The van der Waals surface area contributed by atoms with E-state index in [1.807, 2.05) is 18.2 Å². The van der Waals surface area contributed by atoms with Crippen LogP contribution in [0, 0.1) is 0 Å². The van der Waals surface area contributed by atoms with Crippen LogP contribution in [0.15, 0.2) is 30.3 Å². The number of rotatable bonds is 6. The van der Waals surface area contributed by atoms with Gasteiger partial charge in [-0.2, -0.15) is 0 Å². The molecule has 0 aliphatic rings. The average Bonchev–Trinajstić information content (AvgIpc) is 2.37. The summed E-state index contributed by atoms with van der Waals surface area (Å²) in [5.74, 6) is -1.37. The Labute approximate surface area is 107 Å². The number of carbonyl (C=O) groups excluding carboxylic acids is 2. The molecule has 18 heavy (non-hydrogen) atoms. The van der Waals surface area contributed by atoms with E-state index in [-0.39, 0.29) is 12.4 Å². The number of carbonyl (C=O) groups is 2. The lowest BCUT2D eigenvalue weighted by Gasteiger charge is -2.15. The van der Waals surface area contributed by atoms with Gasteiger partial charge >= 0.3 is 11.9 Å². The maximum atomic E-state index is 11.9. The van der Waals surface area contributed by atoms with Gasteiger partial charge in [0.25, 0.3) is 0 Å². The van der Waals surface area contributed by atoms with Crippen LogP contribution in [-0.2, 0) is 19.1 Å². The third kappa shape index (κ3) is 4.20. The van der Waals surface area contributed by atoms with Crippen molar-refractivity contribution in [3.63, 3.8) is 0 Å². The Morgan fingerprint density at radius 2 is 1.67 bits per heavy atom. The number of benzene rings is 1. The normalized spacial score (nSPS) is 11.7. The van der Waals surface area contributed by atoms with Crippen LogP contribution in [0.5, 0.6) is 0 Å². The first kappa shape index (κ1) is 14.2. The van der Waals surface area contributed by atoms with Gasteiger partial charge in [0, 0.05) is 0 Å². The van der Waals surface area contributed by atoms with E-state index < -0.39 is 11.9 Å². The minimum absolute atomic E-state index is 0.0106. The fourth-order valence-corrected chi connectivity index (χ4v) is 1.65. The topological polar surface area (TPSA) is 52.6 Å². The second-order valence-corrected chi connectivity index (χ2v) is 3.72. The summed E-state index contributed by atoms with van der Waals surface area (Å²) in [4.78, 5) is 23.4. The van der Waals surface area contributed by atoms with E-state index in [4.69, 9.17) is 9.47 Å². The zero-order valence-electron chi connectivity index (χ0n) is 10.7. The van der Waals surface area contributed by atoms with Crippen LogP contribution < -0.4 is 0 Å². The largest absolute Gasteiger partial charge is 0.466 e. The van der Waals surface area contributed by atoms with Crippen LogP contribution >= 0.6 is 0 Å². The van der Waals surface area contributed by atoms with E-state index in [0.29, 0.717) is 13.2 Å². The van der Waals surface area contributed by atoms with Crippen molar-refractivity contribution in [1.82, 2.24) is 0 Å². The second kappa shape index (κ2) is 7.48. The van der Waals surface area contributed by atoms with Crippen molar-refractivity contribution in [2.75, 3.05) is 13.2 Å². The highest BCUT2D eigenvalue weighted by Gasteiger charge is 2.25. The highest BCUT2D eigenvalue weighted by Crippen LogP contribution is 2.21. The van der Waals surface area contributed by atoms with Gasteiger partial charge in [-0.15, -0.1) is 0 Å². The van der Waals surface area contributed by atoms with Gasteiger partial charge in [0.1, 0.15) is 0 Å². The number of esters is 2. The Kier molecular flexibility index (Phi) is 5.91. The Bertz CT molecular complexity index is 386. The molecule has 0 heterocycles. The molecule has 0 aliphatic carbocycles. The van der Waals surface area contributed by atoms with Gasteiger partial charge < -0.3 is 9.47 Å². The Morgan fingerprint density at radius 3 is 2.22 bits per heavy atom. The van der Waals surface area contributed by atoms with Gasteiger partial charge in [-0.3, -0.25) is 9.59 Å². The molecule has 0 amide bonds. The SMILES string of the molecule is CCOC(=O)C[C@@H](C(=O)OCC)c1ccccc1. The molecule has 98 valence electrons. The lowest BCUT2D eigenvalue weighted by atomic mass is 9.96. The van der Waals surface area contributed by atoms with Gasteiger partial charge in [0.2, 0.25) is 0 Å². The number of hydrogen-bond donors (Lipinski definition) is 0. The molecular weight excluding hydrogens is 232 g/mol. The summed E-state index contributed by atoms with van der Waals surface area (Å²) < 4.78 is 9.87. The van der Waals surface area contributed by atoms with Crippen LogP contribution in [0.25, 0.3) is 0 Å². The first-order chi connectivity index (χ1) is 8.69. The lowest BCUT2D eigenvalue weighted by molar-refractivity contribution is -0.151. The van der Waals surface area contributed by atoms with Crippen molar-refractivity contribution in [3.8, 4) is 0 Å². The summed E-state index contributed by atoms with van der Waals surface area (Å²) in [6, 6.07) is 9.12. The molecule has 0 unspecified atom stereocenters. The zero-order valence-corrected chi connectivity index (χ0v) is 10.7. The van der Waals surface area contributed by atoms with Gasteiger partial charge in [-0.1, -0.05) is 30.3 Å². The zero-order chi connectivity index (χ0) is 13.4. The monoisotopic (exact) mass is 250 g/mol. The summed E-state index contributed by atoms with van der Waals surface area (Å²) in [5, 5.41) is 0. The molecule has 0 spiro atoms. The number of hydrogen-bond acceptors (Lipinski definition) is 4. The van der Waals surface area contributed by atoms with E-state index >= 15 is 0 Å². The van der Waals surface area contributed by atoms with Crippen LogP contribution in [0.1, 0.15) is 31.7 Å². The van der Waals surface area contributed by atoms with Gasteiger partial charge in [0.15, 0.2) is 0 Å². The fraction of sp³-hybridized carbons (Fsp3) is 0.429. The molecule has 1 aromatic carbocycles. The van der Waals surface area contributed by atoms with Gasteiger partial charge in [-0.05, 0) is 19.4 Å². The highest BCUT2D eigenvalue weighted by molar-refractivity contribution is 5.84. The molecule has 1 aromatic rings. The Hall–Kier alpha value is -1.84. The maximum absolute atomic E-state index is 11.9. The van der Waals surface area contributed by atoms with Crippen molar-refractivity contribution in [1.29, 1.82) is 0 Å². The molecule has 0 aromatic heterocycles. The molecule has 0 radical (unpaired) electrons. The third-order valence-corrected chi connectivity index (χ3v) is 2.45. The van der Waals surface area contributed by atoms with E-state index in [1.54, 1.807) is 26.0 Å². The quantitative estimate of drug-likeness (QED) is 0.727. The van der Waals surface area contributed by atoms with Gasteiger partial charge in [-0.25, -0.2) is 0 Å². The summed E-state index contributed by atoms with van der Waals surface area (Å²) >= 11 is 0. The van der Waals surface area contributed by atoms with E-state index in [1.165, 1.54) is 0 Å². The molecule has 0 fully saturated rings. The van der Waals surface area contributed by atoms with Crippen LogP contribution in [0.4, 0.5) is 0 Å². The molecule has 0 bridgehead atoms. The van der Waals surface area contributed by atoms with Crippen LogP contribution in [0.2, 0.25) is 0 Å². The van der Waals surface area contributed by atoms with E-state index in [0.717, 1.165) is 5.56 Å². The molecule has 0 aliphatic heterocycles. The maximum Gasteiger partial charge on any atom is 0.313 e. The average molecular weight is 250 g/mol. The van der Waals surface area contributed by atoms with Crippen molar-refractivity contribution in [3.05, 3.63) is 35.9 Å². The summed E-state index contributed by atoms with van der Waals surface area (Å²) in [6.07, 6.45) is 0.0106. The molecule has 4 heteroatoms. The number of ether oxygens (including phenoxy) is 2. The molecule has 0 N–H and O–H groups in total. The van der Waals surface area contributed by atoms with Crippen molar-refractivity contribution in [2.24, 2.45) is 0 Å². The summed E-state index contributed by atoms with van der Waals surface area (Å²) in [6.45, 7) is 4.08. The lowest BCUT2D eigenvalue weighted by Crippen LogP contribution is -2.20. The Morgan fingerprint density at radius 1 is 1.06 bits per heavy atom. The van der Waals surface area contributed by atoms with Crippen LogP contribution in [-0.4, -0.2) is 25.2 Å². The predicted octanol–water partition coefficient (Wildman–Crippen LogP) is 2.29. The molecule has 4 nitrogen and oxygen atoms in total. The second-order valence-electron chi connectivity index (χ2n) is 3.72. The first-order valence-corrected chi connectivity index (χ1v) is 6.06. The molecule has 0 saturated carbocycles. The third-order valence-electron chi connectivity index (χ3n) is 2.45. The standard InChI is InChI=1S/C14H18O4/c1-3-17-13(15)10-12(14(16)18-4-2)11-8-6-5-7-9-11/h5-9,12H,3-4,10H2,1-2H3/t12-/m1/s1. The predicted molar refractivity (Wildman–Crippen MR) is 67.1 cm³/mol. The van der Waals surface area contributed by atoms with Gasteiger partial charge in [0.05, 0.1) is 25.6 Å². The Balaban J connectivity index is 2.82. The smallest absolute Gasteiger partial charge is 0.313 e.